The van der Waals surface area contributed by atoms with Gasteiger partial charge in [0.15, 0.2) is 5.65 Å². The van der Waals surface area contributed by atoms with Gasteiger partial charge in [-0.25, -0.2) is 17.4 Å². The van der Waals surface area contributed by atoms with Crippen LogP contribution in [0.2, 0.25) is 0 Å². The van der Waals surface area contributed by atoms with Crippen molar-refractivity contribution < 1.29 is 8.42 Å². The van der Waals surface area contributed by atoms with Crippen molar-refractivity contribution in [1.82, 2.24) is 8.96 Å². The standard InChI is InChI=1S/C20H15IN2O2S/c1-14-7-9-16(10-8-14)26(24,25)23-19(21)13-18-17(11-12-22-20(18)23)15-5-3-2-4-6-15/h2-13H,1H3. The largest absolute Gasteiger partial charge is 0.270 e. The molecule has 0 aliphatic rings. The van der Waals surface area contributed by atoms with Gasteiger partial charge in [-0.3, -0.25) is 0 Å². The van der Waals surface area contributed by atoms with E-state index in [0.717, 1.165) is 22.1 Å². The Morgan fingerprint density at radius 1 is 0.962 bits per heavy atom. The minimum atomic E-state index is -3.72. The molecule has 4 rings (SSSR count). The Labute approximate surface area is 165 Å². The van der Waals surface area contributed by atoms with Crippen LogP contribution in [0, 0.1) is 10.6 Å². The van der Waals surface area contributed by atoms with Crippen molar-refractivity contribution >= 4 is 43.6 Å². The van der Waals surface area contributed by atoms with Gasteiger partial charge < -0.3 is 0 Å². The lowest BCUT2D eigenvalue weighted by molar-refractivity contribution is 0.588. The van der Waals surface area contributed by atoms with Crippen LogP contribution in [0.5, 0.6) is 0 Å². The van der Waals surface area contributed by atoms with Crippen LogP contribution in [0.15, 0.2) is 77.8 Å². The van der Waals surface area contributed by atoms with E-state index in [4.69, 9.17) is 0 Å². The first-order valence-electron chi connectivity index (χ1n) is 8.02. The molecule has 0 radical (unpaired) electrons. The van der Waals surface area contributed by atoms with Crippen molar-refractivity contribution in [1.29, 1.82) is 0 Å². The van der Waals surface area contributed by atoms with Gasteiger partial charge >= 0.3 is 0 Å². The van der Waals surface area contributed by atoms with Crippen molar-refractivity contribution in [2.75, 3.05) is 0 Å². The van der Waals surface area contributed by atoms with E-state index in [1.54, 1.807) is 30.5 Å². The molecule has 4 nitrogen and oxygen atoms in total. The van der Waals surface area contributed by atoms with E-state index < -0.39 is 10.0 Å². The van der Waals surface area contributed by atoms with Crippen molar-refractivity contribution in [3.63, 3.8) is 0 Å². The highest BCUT2D eigenvalue weighted by Crippen LogP contribution is 2.32. The van der Waals surface area contributed by atoms with Crippen molar-refractivity contribution in [2.24, 2.45) is 0 Å². The van der Waals surface area contributed by atoms with Gasteiger partial charge in [-0.15, -0.1) is 0 Å². The van der Waals surface area contributed by atoms with E-state index in [1.807, 2.05) is 49.4 Å². The van der Waals surface area contributed by atoms with E-state index in [0.29, 0.717) is 9.35 Å². The molecule has 0 aliphatic carbocycles. The summed E-state index contributed by atoms with van der Waals surface area (Å²) < 4.78 is 28.3. The van der Waals surface area contributed by atoms with Crippen LogP contribution < -0.4 is 0 Å². The first-order valence-corrected chi connectivity index (χ1v) is 10.5. The normalized spacial score (nSPS) is 11.8. The highest BCUT2D eigenvalue weighted by molar-refractivity contribution is 14.1. The predicted molar refractivity (Wildman–Crippen MR) is 112 cm³/mol. The second kappa shape index (κ2) is 6.51. The molecule has 0 aliphatic heterocycles. The average Bonchev–Trinajstić information content (AvgIpc) is 2.99. The number of fused-ring (bicyclic) bond motifs is 1. The lowest BCUT2D eigenvalue weighted by atomic mass is 10.0. The zero-order valence-electron chi connectivity index (χ0n) is 13.9. The molecule has 0 N–H and O–H groups in total. The van der Waals surface area contributed by atoms with Gasteiger partial charge in [0.05, 0.1) is 8.60 Å². The van der Waals surface area contributed by atoms with Gasteiger partial charge in [-0.05, 0) is 64.9 Å². The van der Waals surface area contributed by atoms with Crippen molar-refractivity contribution in [3.8, 4) is 11.1 Å². The molecule has 0 bridgehead atoms. The maximum absolute atomic E-state index is 13.2. The van der Waals surface area contributed by atoms with Gasteiger partial charge in [-0.1, -0.05) is 48.0 Å². The summed E-state index contributed by atoms with van der Waals surface area (Å²) in [5, 5.41) is 0.818. The zero-order chi connectivity index (χ0) is 18.3. The quantitative estimate of drug-likeness (QED) is 0.399. The molecule has 130 valence electrons. The number of nitrogens with zero attached hydrogens (tertiary/aromatic N) is 2. The number of aromatic nitrogens is 2. The van der Waals surface area contributed by atoms with E-state index in [9.17, 15) is 8.42 Å². The molecule has 0 amide bonds. The average molecular weight is 474 g/mol. The summed E-state index contributed by atoms with van der Waals surface area (Å²) in [6.45, 7) is 1.93. The van der Waals surface area contributed by atoms with Crippen molar-refractivity contribution in [3.05, 3.63) is 82.2 Å². The Kier molecular flexibility index (Phi) is 4.32. The van der Waals surface area contributed by atoms with E-state index in [2.05, 4.69) is 27.6 Å². The molecule has 2 aromatic carbocycles. The van der Waals surface area contributed by atoms with Gasteiger partial charge in [0.2, 0.25) is 0 Å². The highest BCUT2D eigenvalue weighted by atomic mass is 127. The van der Waals surface area contributed by atoms with E-state index in [-0.39, 0.29) is 4.90 Å². The Morgan fingerprint density at radius 3 is 2.35 bits per heavy atom. The third kappa shape index (κ3) is 2.83. The summed E-state index contributed by atoms with van der Waals surface area (Å²) in [5.41, 5.74) is 3.45. The van der Waals surface area contributed by atoms with Gasteiger partial charge in [0.25, 0.3) is 10.0 Å². The third-order valence-electron chi connectivity index (χ3n) is 4.26. The van der Waals surface area contributed by atoms with Gasteiger partial charge in [0, 0.05) is 11.6 Å². The molecular weight excluding hydrogens is 459 g/mol. The Morgan fingerprint density at radius 2 is 1.65 bits per heavy atom. The number of pyridine rings is 1. The lowest BCUT2D eigenvalue weighted by Gasteiger charge is -2.09. The molecule has 6 heteroatoms. The van der Waals surface area contributed by atoms with Crippen LogP contribution in [0.4, 0.5) is 0 Å². The first kappa shape index (κ1) is 17.2. The summed E-state index contributed by atoms with van der Waals surface area (Å²) >= 11 is 2.05. The van der Waals surface area contributed by atoms with E-state index in [1.165, 1.54) is 3.97 Å². The SMILES string of the molecule is Cc1ccc(S(=O)(=O)n2c(I)cc3c(-c4ccccc4)ccnc32)cc1. The lowest BCUT2D eigenvalue weighted by Crippen LogP contribution is -2.15. The Bertz CT molecular complexity index is 1200. The summed E-state index contributed by atoms with van der Waals surface area (Å²) in [4.78, 5) is 4.63. The molecule has 4 aromatic rings. The first-order chi connectivity index (χ1) is 12.5. The van der Waals surface area contributed by atoms with Gasteiger partial charge in [-0.2, -0.15) is 0 Å². The molecule has 26 heavy (non-hydrogen) atoms. The van der Waals surface area contributed by atoms with Crippen LogP contribution in [-0.4, -0.2) is 17.4 Å². The number of hydrogen-bond acceptors (Lipinski definition) is 3. The fraction of sp³-hybridized carbons (Fsp3) is 0.0500. The fourth-order valence-electron chi connectivity index (χ4n) is 2.96. The summed E-state index contributed by atoms with van der Waals surface area (Å²) in [6, 6.07) is 20.6. The maximum Gasteiger partial charge on any atom is 0.270 e. The van der Waals surface area contributed by atoms with Crippen LogP contribution in [-0.2, 0) is 10.0 Å². The zero-order valence-corrected chi connectivity index (χ0v) is 16.9. The van der Waals surface area contributed by atoms with Gasteiger partial charge in [0.1, 0.15) is 0 Å². The monoisotopic (exact) mass is 474 g/mol. The molecule has 0 spiro atoms. The Hall–Kier alpha value is -2.19. The third-order valence-corrected chi connectivity index (χ3v) is 7.10. The molecule has 0 saturated heterocycles. The van der Waals surface area contributed by atoms with Crippen LogP contribution in [0.3, 0.4) is 0 Å². The molecule has 0 saturated carbocycles. The number of benzene rings is 2. The summed E-state index contributed by atoms with van der Waals surface area (Å²) in [6.07, 6.45) is 1.65. The number of hydrogen-bond donors (Lipinski definition) is 0. The molecule has 2 heterocycles. The van der Waals surface area contributed by atoms with Crippen LogP contribution in [0.1, 0.15) is 5.56 Å². The predicted octanol–water partition coefficient (Wildman–Crippen LogP) is 4.85. The molecule has 2 aromatic heterocycles. The minimum Gasteiger partial charge on any atom is -0.237 e. The van der Waals surface area contributed by atoms with Crippen LogP contribution >= 0.6 is 22.6 Å². The second-order valence-corrected chi connectivity index (χ2v) is 8.90. The van der Waals surface area contributed by atoms with E-state index >= 15 is 0 Å². The number of aryl methyl sites for hydroxylation is 1. The van der Waals surface area contributed by atoms with Crippen molar-refractivity contribution in [2.45, 2.75) is 11.8 Å². The summed E-state index contributed by atoms with van der Waals surface area (Å²) in [5.74, 6) is 0. The molecular formula is C20H15IN2O2S. The fourth-order valence-corrected chi connectivity index (χ4v) is 5.62. The highest BCUT2D eigenvalue weighted by Gasteiger charge is 2.24. The molecule has 0 fully saturated rings. The number of halogens is 1. The topological polar surface area (TPSA) is 52.0 Å². The Balaban J connectivity index is 1.98. The second-order valence-electron chi connectivity index (χ2n) is 6.01. The van der Waals surface area contributed by atoms with Crippen LogP contribution in [0.25, 0.3) is 22.2 Å². The smallest absolute Gasteiger partial charge is 0.237 e. The summed E-state index contributed by atoms with van der Waals surface area (Å²) in [7, 11) is -3.72. The maximum atomic E-state index is 13.2. The molecule has 0 unspecified atom stereocenters. The number of rotatable bonds is 3. The molecule has 0 atom stereocenters. The minimum absolute atomic E-state index is 0.255.